The number of carbonyl (C=O) groups is 1. The topological polar surface area (TPSA) is 51.2 Å². The van der Waals surface area contributed by atoms with E-state index >= 15 is 0 Å². The summed E-state index contributed by atoms with van der Waals surface area (Å²) in [5.74, 6) is 0. The lowest BCUT2D eigenvalue weighted by atomic mass is 10.1. The molecule has 128 valence electrons. The third-order valence-corrected chi connectivity index (χ3v) is 3.31. The van der Waals surface area contributed by atoms with Gasteiger partial charge < -0.3 is 10.1 Å². The lowest BCUT2D eigenvalue weighted by Gasteiger charge is -2.22. The minimum absolute atomic E-state index is 0.158. The van der Waals surface area contributed by atoms with Gasteiger partial charge in [0, 0.05) is 0 Å². The Labute approximate surface area is 145 Å². The van der Waals surface area contributed by atoms with Gasteiger partial charge in [-0.3, -0.25) is 0 Å². The van der Waals surface area contributed by atoms with Gasteiger partial charge in [0.1, 0.15) is 16.9 Å². The van der Waals surface area contributed by atoms with Gasteiger partial charge in [-0.2, -0.15) is 13.2 Å². The number of benzene rings is 1. The summed E-state index contributed by atoms with van der Waals surface area (Å²) in [7, 11) is 0. The molecule has 0 aliphatic heterocycles. The van der Waals surface area contributed by atoms with Crippen molar-refractivity contribution in [3.05, 3.63) is 63.9 Å². The van der Waals surface area contributed by atoms with Crippen LogP contribution in [0.5, 0.6) is 0 Å². The van der Waals surface area contributed by atoms with E-state index in [2.05, 4.69) is 4.98 Å². The first kappa shape index (κ1) is 18.4. The molecule has 9 heteroatoms. The Bertz CT molecular complexity index is 691. The zero-order valence-electron chi connectivity index (χ0n) is 12.0. The van der Waals surface area contributed by atoms with E-state index in [1.807, 2.05) is 0 Å². The first-order valence-corrected chi connectivity index (χ1v) is 7.38. The zero-order valence-corrected chi connectivity index (χ0v) is 13.5. The predicted molar refractivity (Wildman–Crippen MR) is 82.8 cm³/mol. The fourth-order valence-corrected chi connectivity index (χ4v) is 2.36. The number of amides is 1. The molecule has 4 nitrogen and oxygen atoms in total. The second kappa shape index (κ2) is 7.72. The lowest BCUT2D eigenvalue weighted by Crippen LogP contribution is -2.38. The van der Waals surface area contributed by atoms with Crippen molar-refractivity contribution in [3.63, 3.8) is 0 Å². The van der Waals surface area contributed by atoms with Gasteiger partial charge in [0.2, 0.25) is 0 Å². The van der Waals surface area contributed by atoms with Crippen LogP contribution in [0.1, 0.15) is 17.2 Å². The monoisotopic (exact) mass is 378 g/mol. The number of nitrogens with zero attached hydrogens (tertiary/aromatic N) is 1. The number of hydrogen-bond donors (Lipinski definition) is 1. The molecule has 0 fully saturated rings. The average Bonchev–Trinajstić information content (AvgIpc) is 2.49. The summed E-state index contributed by atoms with van der Waals surface area (Å²) < 4.78 is 44.5. The zero-order chi connectivity index (χ0) is 17.7. The maximum Gasteiger partial charge on any atom is 0.412 e. The number of aromatic nitrogens is 1. The SMILES string of the molecule is O=C(NC(c1cc(Cl)nc(Cl)c1)C(F)(F)F)OCc1ccccc1. The maximum absolute atomic E-state index is 13.2. The summed E-state index contributed by atoms with van der Waals surface area (Å²) in [6.07, 6.45) is -5.98. The quantitative estimate of drug-likeness (QED) is 0.768. The molecule has 0 radical (unpaired) electrons. The summed E-state index contributed by atoms with van der Waals surface area (Å²) in [6.45, 7) is -0.158. The first-order chi connectivity index (χ1) is 11.3. The molecule has 1 unspecified atom stereocenters. The molecule has 1 amide bonds. The van der Waals surface area contributed by atoms with Crippen LogP contribution in [-0.4, -0.2) is 17.3 Å². The third-order valence-electron chi connectivity index (χ3n) is 2.92. The van der Waals surface area contributed by atoms with E-state index in [0.717, 1.165) is 12.1 Å². The van der Waals surface area contributed by atoms with Crippen LogP contribution >= 0.6 is 23.2 Å². The minimum atomic E-state index is -4.76. The van der Waals surface area contributed by atoms with Crippen LogP contribution < -0.4 is 5.32 Å². The largest absolute Gasteiger partial charge is 0.445 e. The van der Waals surface area contributed by atoms with Crippen molar-refractivity contribution in [1.29, 1.82) is 0 Å². The van der Waals surface area contributed by atoms with Gasteiger partial charge in [0.25, 0.3) is 0 Å². The summed E-state index contributed by atoms with van der Waals surface area (Å²) in [6, 6.07) is 8.19. The van der Waals surface area contributed by atoms with Gasteiger partial charge >= 0.3 is 12.3 Å². The van der Waals surface area contributed by atoms with E-state index in [4.69, 9.17) is 27.9 Å². The minimum Gasteiger partial charge on any atom is -0.445 e. The Balaban J connectivity index is 2.10. The highest BCUT2D eigenvalue weighted by Gasteiger charge is 2.42. The molecule has 0 bridgehead atoms. The highest BCUT2D eigenvalue weighted by atomic mass is 35.5. The third kappa shape index (κ3) is 5.28. The summed E-state index contributed by atoms with van der Waals surface area (Å²) >= 11 is 11.2. The molecule has 2 rings (SSSR count). The van der Waals surface area contributed by atoms with Gasteiger partial charge in [-0.05, 0) is 23.3 Å². The number of carbonyl (C=O) groups excluding carboxylic acids is 1. The molecule has 1 atom stereocenters. The van der Waals surface area contributed by atoms with Gasteiger partial charge in [-0.15, -0.1) is 0 Å². The number of alkyl halides is 3. The number of pyridine rings is 1. The molecule has 1 heterocycles. The van der Waals surface area contributed by atoms with E-state index in [1.54, 1.807) is 35.6 Å². The standard InChI is InChI=1S/C15H11Cl2F3N2O2/c16-11-6-10(7-12(17)21-11)13(15(18,19)20)22-14(23)24-8-9-4-2-1-3-5-9/h1-7,13H,8H2,(H,22,23). The molecule has 0 saturated carbocycles. The Kier molecular flexibility index (Phi) is 5.90. The fourth-order valence-electron chi connectivity index (χ4n) is 1.89. The molecular formula is C15H11Cl2F3N2O2. The van der Waals surface area contributed by atoms with Crippen LogP contribution in [0.2, 0.25) is 10.3 Å². The average molecular weight is 379 g/mol. The summed E-state index contributed by atoms with van der Waals surface area (Å²) in [4.78, 5) is 15.3. The van der Waals surface area contributed by atoms with Crippen LogP contribution in [0.3, 0.4) is 0 Å². The van der Waals surface area contributed by atoms with Crippen molar-refractivity contribution >= 4 is 29.3 Å². The second-order valence-electron chi connectivity index (χ2n) is 4.73. The van der Waals surface area contributed by atoms with Crippen molar-refractivity contribution < 1.29 is 22.7 Å². The second-order valence-corrected chi connectivity index (χ2v) is 5.50. The van der Waals surface area contributed by atoms with Crippen molar-refractivity contribution in [2.45, 2.75) is 18.8 Å². The van der Waals surface area contributed by atoms with Crippen molar-refractivity contribution in [3.8, 4) is 0 Å². The van der Waals surface area contributed by atoms with E-state index in [-0.39, 0.29) is 22.5 Å². The first-order valence-electron chi connectivity index (χ1n) is 6.62. The number of halogens is 5. The van der Waals surface area contributed by atoms with Crippen molar-refractivity contribution in [2.24, 2.45) is 0 Å². The van der Waals surface area contributed by atoms with Crippen LogP contribution in [0.15, 0.2) is 42.5 Å². The van der Waals surface area contributed by atoms with Crippen LogP contribution in [-0.2, 0) is 11.3 Å². The molecule has 0 aliphatic rings. The molecule has 0 spiro atoms. The molecule has 1 aromatic carbocycles. The highest BCUT2D eigenvalue weighted by molar-refractivity contribution is 6.32. The predicted octanol–water partition coefficient (Wildman–Crippen LogP) is 4.92. The number of hydrogen-bond acceptors (Lipinski definition) is 3. The van der Waals surface area contributed by atoms with Crippen LogP contribution in [0.4, 0.5) is 18.0 Å². The van der Waals surface area contributed by atoms with Gasteiger partial charge in [0.05, 0.1) is 0 Å². The summed E-state index contributed by atoms with van der Waals surface area (Å²) in [5, 5.41) is 1.33. The van der Waals surface area contributed by atoms with E-state index in [1.165, 1.54) is 0 Å². The highest BCUT2D eigenvalue weighted by Crippen LogP contribution is 2.34. The van der Waals surface area contributed by atoms with Gasteiger partial charge in [-0.25, -0.2) is 9.78 Å². The molecule has 1 aromatic heterocycles. The van der Waals surface area contributed by atoms with Gasteiger partial charge in [-0.1, -0.05) is 53.5 Å². The Hall–Kier alpha value is -1.99. The number of nitrogens with one attached hydrogen (secondary N) is 1. The molecule has 24 heavy (non-hydrogen) atoms. The van der Waals surface area contributed by atoms with Crippen molar-refractivity contribution in [2.75, 3.05) is 0 Å². The van der Waals surface area contributed by atoms with E-state index in [0.29, 0.717) is 5.56 Å². The molecular weight excluding hydrogens is 368 g/mol. The molecule has 0 aliphatic carbocycles. The number of alkyl carbamates (subject to hydrolysis) is 1. The normalized spacial score (nSPS) is 12.5. The van der Waals surface area contributed by atoms with Crippen LogP contribution in [0.25, 0.3) is 0 Å². The van der Waals surface area contributed by atoms with E-state index in [9.17, 15) is 18.0 Å². The fraction of sp³-hybridized carbons (Fsp3) is 0.200. The number of ether oxygens (including phenoxy) is 1. The maximum atomic E-state index is 13.2. The van der Waals surface area contributed by atoms with Crippen molar-refractivity contribution in [1.82, 2.24) is 10.3 Å². The Morgan fingerprint density at radius 1 is 1.17 bits per heavy atom. The summed E-state index contributed by atoms with van der Waals surface area (Å²) in [5.41, 5.74) is 0.301. The number of rotatable bonds is 4. The smallest absolute Gasteiger partial charge is 0.412 e. The van der Waals surface area contributed by atoms with E-state index < -0.39 is 18.3 Å². The Morgan fingerprint density at radius 3 is 2.29 bits per heavy atom. The van der Waals surface area contributed by atoms with Gasteiger partial charge in [0.15, 0.2) is 6.04 Å². The molecule has 2 aromatic rings. The lowest BCUT2D eigenvalue weighted by molar-refractivity contribution is -0.156. The Morgan fingerprint density at radius 2 is 1.75 bits per heavy atom. The molecule has 1 N–H and O–H groups in total. The van der Waals surface area contributed by atoms with Crippen LogP contribution in [0, 0.1) is 0 Å². The molecule has 0 saturated heterocycles.